The summed E-state index contributed by atoms with van der Waals surface area (Å²) in [5.41, 5.74) is -0.579. The molecular formula is C14H10ClN3O2. The molecule has 6 heteroatoms. The number of amides is 1. The van der Waals surface area contributed by atoms with Gasteiger partial charge in [0.15, 0.2) is 5.92 Å². The number of carbonyl (C=O) groups is 2. The maximum atomic E-state index is 12.4. The predicted octanol–water partition coefficient (Wildman–Crippen LogP) is 2.17. The zero-order valence-electron chi connectivity index (χ0n) is 10.6. The van der Waals surface area contributed by atoms with Gasteiger partial charge < -0.3 is 5.32 Å². The number of fused-ring (bicyclic) bond motifs is 1. The van der Waals surface area contributed by atoms with Crippen LogP contribution < -0.4 is 5.32 Å². The fourth-order valence-electron chi connectivity index (χ4n) is 2.56. The summed E-state index contributed by atoms with van der Waals surface area (Å²) in [5.74, 6) is -2.05. The molecule has 1 aliphatic heterocycles. The van der Waals surface area contributed by atoms with E-state index in [1.807, 2.05) is 12.1 Å². The van der Waals surface area contributed by atoms with E-state index in [1.165, 1.54) is 13.0 Å². The molecule has 20 heavy (non-hydrogen) atoms. The summed E-state index contributed by atoms with van der Waals surface area (Å²) in [5, 5.41) is 21.4. The molecule has 0 saturated heterocycles. The highest BCUT2D eigenvalue weighted by atomic mass is 35.5. The first-order valence-corrected chi connectivity index (χ1v) is 6.23. The van der Waals surface area contributed by atoms with Gasteiger partial charge in [-0.15, -0.1) is 0 Å². The number of anilines is 1. The summed E-state index contributed by atoms with van der Waals surface area (Å²) in [6, 6.07) is 8.35. The second-order valence-electron chi connectivity index (χ2n) is 4.69. The van der Waals surface area contributed by atoms with E-state index in [0.717, 1.165) is 0 Å². The number of benzene rings is 1. The second-order valence-corrected chi connectivity index (χ2v) is 5.12. The molecule has 1 aromatic carbocycles. The Morgan fingerprint density at radius 2 is 2.10 bits per heavy atom. The van der Waals surface area contributed by atoms with Crippen LogP contribution in [0.25, 0.3) is 0 Å². The molecule has 0 unspecified atom stereocenters. The lowest BCUT2D eigenvalue weighted by atomic mass is 9.69. The van der Waals surface area contributed by atoms with Crippen molar-refractivity contribution in [3.8, 4) is 12.1 Å². The van der Waals surface area contributed by atoms with Gasteiger partial charge in [0.2, 0.25) is 5.91 Å². The minimum atomic E-state index is -1.49. The van der Waals surface area contributed by atoms with Crippen molar-refractivity contribution in [2.24, 2.45) is 5.92 Å². The number of ketones is 1. The zero-order chi connectivity index (χ0) is 14.9. The molecule has 0 aliphatic carbocycles. The molecule has 0 saturated carbocycles. The van der Waals surface area contributed by atoms with Crippen molar-refractivity contribution in [2.75, 3.05) is 5.32 Å². The molecule has 0 bridgehead atoms. The number of nitrogens with one attached hydrogen (secondary N) is 1. The minimum absolute atomic E-state index is 0.210. The lowest BCUT2D eigenvalue weighted by Crippen LogP contribution is -2.42. The van der Waals surface area contributed by atoms with Gasteiger partial charge in [-0.05, 0) is 30.7 Å². The Kier molecular flexibility index (Phi) is 3.48. The zero-order valence-corrected chi connectivity index (χ0v) is 11.4. The topological polar surface area (TPSA) is 93.8 Å². The van der Waals surface area contributed by atoms with Gasteiger partial charge in [0.05, 0.1) is 12.1 Å². The minimum Gasteiger partial charge on any atom is -0.325 e. The van der Waals surface area contributed by atoms with E-state index in [1.54, 1.807) is 12.1 Å². The number of carbonyl (C=O) groups excluding carboxylic acids is 2. The highest BCUT2D eigenvalue weighted by molar-refractivity contribution is 6.31. The number of halogens is 1. The average Bonchev–Trinajstić information content (AvgIpc) is 2.64. The lowest BCUT2D eigenvalue weighted by Gasteiger charge is -2.27. The SMILES string of the molecule is CC(=O)C[C@]1(C(C#N)C#N)C(=O)Nc2ccc(Cl)cc21. The van der Waals surface area contributed by atoms with Crippen LogP contribution in [0, 0.1) is 28.6 Å². The van der Waals surface area contributed by atoms with Crippen LogP contribution in [-0.2, 0) is 15.0 Å². The Morgan fingerprint density at radius 1 is 1.45 bits per heavy atom. The summed E-state index contributed by atoms with van der Waals surface area (Å²) in [7, 11) is 0. The maximum Gasteiger partial charge on any atom is 0.238 e. The monoisotopic (exact) mass is 287 g/mol. The van der Waals surface area contributed by atoms with E-state index in [0.29, 0.717) is 16.3 Å². The van der Waals surface area contributed by atoms with E-state index < -0.39 is 17.2 Å². The van der Waals surface area contributed by atoms with Crippen molar-refractivity contribution in [3.05, 3.63) is 28.8 Å². The smallest absolute Gasteiger partial charge is 0.238 e. The van der Waals surface area contributed by atoms with Gasteiger partial charge in [0, 0.05) is 17.1 Å². The Balaban J connectivity index is 2.73. The molecule has 100 valence electrons. The third kappa shape index (κ3) is 1.93. The average molecular weight is 288 g/mol. The first kappa shape index (κ1) is 14.0. The number of Topliss-reactive ketones (excluding diaryl/α,β-unsaturated/α-hetero) is 1. The van der Waals surface area contributed by atoms with Crippen molar-refractivity contribution in [1.29, 1.82) is 10.5 Å². The second kappa shape index (κ2) is 4.96. The fourth-order valence-corrected chi connectivity index (χ4v) is 2.73. The van der Waals surface area contributed by atoms with Crippen LogP contribution in [0.4, 0.5) is 5.69 Å². The Morgan fingerprint density at radius 3 is 2.65 bits per heavy atom. The fraction of sp³-hybridized carbons (Fsp3) is 0.286. The Labute approximate surface area is 120 Å². The molecule has 1 atom stereocenters. The normalized spacial score (nSPS) is 19.9. The van der Waals surface area contributed by atoms with Crippen LogP contribution in [0.5, 0.6) is 0 Å². The van der Waals surface area contributed by atoms with Gasteiger partial charge in [-0.1, -0.05) is 11.6 Å². The first-order chi connectivity index (χ1) is 9.45. The predicted molar refractivity (Wildman–Crippen MR) is 71.8 cm³/mol. The van der Waals surface area contributed by atoms with Crippen molar-refractivity contribution in [2.45, 2.75) is 18.8 Å². The number of nitrogens with zero attached hydrogens (tertiary/aromatic N) is 2. The van der Waals surface area contributed by atoms with Crippen molar-refractivity contribution in [3.63, 3.8) is 0 Å². The molecule has 0 spiro atoms. The van der Waals surface area contributed by atoms with Crippen LogP contribution in [-0.4, -0.2) is 11.7 Å². The molecule has 1 N–H and O–H groups in total. The van der Waals surface area contributed by atoms with Crippen LogP contribution in [0.15, 0.2) is 18.2 Å². The largest absolute Gasteiger partial charge is 0.325 e. The molecule has 0 fully saturated rings. The number of hydrogen-bond donors (Lipinski definition) is 1. The van der Waals surface area contributed by atoms with Gasteiger partial charge >= 0.3 is 0 Å². The number of hydrogen-bond acceptors (Lipinski definition) is 4. The quantitative estimate of drug-likeness (QED) is 0.922. The van der Waals surface area contributed by atoms with Gasteiger partial charge in [0.25, 0.3) is 0 Å². The van der Waals surface area contributed by atoms with Crippen molar-refractivity contribution < 1.29 is 9.59 Å². The summed E-state index contributed by atoms with van der Waals surface area (Å²) < 4.78 is 0. The Hall–Kier alpha value is -2.37. The molecule has 1 heterocycles. The standard InChI is InChI=1S/C14H10ClN3O2/c1-8(19)5-14(9(6-16)7-17)11-4-10(15)2-3-12(11)18-13(14)20/h2-4,9H,5H2,1H3,(H,18,20)/t14-/m1/s1. The molecular weight excluding hydrogens is 278 g/mol. The van der Waals surface area contributed by atoms with Gasteiger partial charge in [-0.3, -0.25) is 9.59 Å². The van der Waals surface area contributed by atoms with Crippen molar-refractivity contribution in [1.82, 2.24) is 0 Å². The Bertz CT molecular complexity index is 673. The van der Waals surface area contributed by atoms with Gasteiger partial charge in [-0.25, -0.2) is 0 Å². The van der Waals surface area contributed by atoms with Crippen LogP contribution >= 0.6 is 11.6 Å². The summed E-state index contributed by atoms with van der Waals surface area (Å²) in [6.07, 6.45) is -0.210. The van der Waals surface area contributed by atoms with E-state index in [-0.39, 0.29) is 12.2 Å². The molecule has 0 radical (unpaired) electrons. The van der Waals surface area contributed by atoms with E-state index in [4.69, 9.17) is 11.6 Å². The lowest BCUT2D eigenvalue weighted by molar-refractivity contribution is -0.127. The number of nitriles is 2. The van der Waals surface area contributed by atoms with Crippen molar-refractivity contribution >= 4 is 29.0 Å². The molecule has 1 aliphatic rings. The highest BCUT2D eigenvalue weighted by Gasteiger charge is 2.54. The van der Waals surface area contributed by atoms with Gasteiger partial charge in [0.1, 0.15) is 11.2 Å². The molecule has 2 rings (SSSR count). The highest BCUT2D eigenvalue weighted by Crippen LogP contribution is 2.46. The molecule has 1 amide bonds. The summed E-state index contributed by atoms with van der Waals surface area (Å²) in [4.78, 5) is 23.9. The van der Waals surface area contributed by atoms with E-state index in [9.17, 15) is 20.1 Å². The maximum absolute atomic E-state index is 12.4. The van der Waals surface area contributed by atoms with Crippen LogP contribution in [0.2, 0.25) is 5.02 Å². The van der Waals surface area contributed by atoms with E-state index >= 15 is 0 Å². The van der Waals surface area contributed by atoms with E-state index in [2.05, 4.69) is 5.32 Å². The summed E-state index contributed by atoms with van der Waals surface area (Å²) in [6.45, 7) is 1.32. The summed E-state index contributed by atoms with van der Waals surface area (Å²) >= 11 is 5.94. The van der Waals surface area contributed by atoms with Crippen LogP contribution in [0.1, 0.15) is 18.9 Å². The third-order valence-electron chi connectivity index (χ3n) is 3.39. The third-order valence-corrected chi connectivity index (χ3v) is 3.63. The molecule has 1 aromatic rings. The van der Waals surface area contributed by atoms with Crippen LogP contribution in [0.3, 0.4) is 0 Å². The van der Waals surface area contributed by atoms with Gasteiger partial charge in [-0.2, -0.15) is 10.5 Å². The first-order valence-electron chi connectivity index (χ1n) is 5.86. The molecule has 0 aromatic heterocycles. The molecule has 5 nitrogen and oxygen atoms in total. The number of rotatable bonds is 3.